The lowest BCUT2D eigenvalue weighted by molar-refractivity contribution is -0.116. The highest BCUT2D eigenvalue weighted by atomic mass is 16.5. The summed E-state index contributed by atoms with van der Waals surface area (Å²) in [5.41, 5.74) is 1.21. The summed E-state index contributed by atoms with van der Waals surface area (Å²) in [6, 6.07) is 20.6. The first-order valence-electron chi connectivity index (χ1n) is 10.5. The number of fused-ring (bicyclic) bond motifs is 1. The third kappa shape index (κ3) is 5.22. The topological polar surface area (TPSA) is 67.9 Å². The van der Waals surface area contributed by atoms with Crippen LogP contribution in [0.25, 0.3) is 10.8 Å². The highest BCUT2D eigenvalue weighted by molar-refractivity contribution is 6.04. The highest BCUT2D eigenvalue weighted by Crippen LogP contribution is 2.23. The Morgan fingerprint density at radius 1 is 1.10 bits per heavy atom. The number of carbonyl (C=O) groups excluding carboxylic acids is 2. The van der Waals surface area contributed by atoms with Crippen molar-refractivity contribution < 1.29 is 19.1 Å². The molecule has 0 aliphatic carbocycles. The molecule has 4 rings (SSSR count). The van der Waals surface area contributed by atoms with Gasteiger partial charge in [0.2, 0.25) is 5.91 Å². The van der Waals surface area contributed by atoms with Crippen molar-refractivity contribution in [1.82, 2.24) is 4.90 Å². The van der Waals surface area contributed by atoms with Crippen molar-refractivity contribution >= 4 is 28.3 Å². The van der Waals surface area contributed by atoms with E-state index >= 15 is 0 Å². The van der Waals surface area contributed by atoms with E-state index in [1.54, 1.807) is 25.2 Å². The Kier molecular flexibility index (Phi) is 6.48. The second kappa shape index (κ2) is 9.62. The first-order chi connectivity index (χ1) is 15.1. The van der Waals surface area contributed by atoms with E-state index < -0.39 is 0 Å². The smallest absolute Gasteiger partial charge is 0.254 e. The number of hydrogen-bond acceptors (Lipinski definition) is 4. The number of hydrogen-bond donors (Lipinski definition) is 1. The van der Waals surface area contributed by atoms with Gasteiger partial charge in [-0.1, -0.05) is 42.5 Å². The SMILES string of the molecule is CN(CC(=O)Nc1cccc2ccccc12)C(=O)c1cccc(OCC2CCCO2)c1. The predicted octanol–water partition coefficient (Wildman–Crippen LogP) is 4.11. The zero-order valence-electron chi connectivity index (χ0n) is 17.5. The molecule has 160 valence electrons. The number of amides is 2. The van der Waals surface area contributed by atoms with Crippen LogP contribution in [-0.2, 0) is 9.53 Å². The van der Waals surface area contributed by atoms with E-state index in [0.29, 0.717) is 17.9 Å². The number of carbonyl (C=O) groups is 2. The fraction of sp³-hybridized carbons (Fsp3) is 0.280. The van der Waals surface area contributed by atoms with Gasteiger partial charge in [-0.2, -0.15) is 0 Å². The standard InChI is InChI=1S/C25H26N2O4/c1-27(16-24(28)26-23-13-5-8-18-7-2-3-12-22(18)23)25(29)19-9-4-10-20(15-19)31-17-21-11-6-14-30-21/h2-5,7-10,12-13,15,21H,6,11,14,16-17H2,1H3,(H,26,28). The maximum atomic E-state index is 12.8. The van der Waals surface area contributed by atoms with E-state index in [4.69, 9.17) is 9.47 Å². The third-order valence-electron chi connectivity index (χ3n) is 5.33. The molecule has 0 spiro atoms. The summed E-state index contributed by atoms with van der Waals surface area (Å²) >= 11 is 0. The van der Waals surface area contributed by atoms with Crippen LogP contribution >= 0.6 is 0 Å². The lowest BCUT2D eigenvalue weighted by Crippen LogP contribution is -2.35. The van der Waals surface area contributed by atoms with E-state index in [2.05, 4.69) is 5.32 Å². The van der Waals surface area contributed by atoms with Gasteiger partial charge in [0.1, 0.15) is 12.4 Å². The molecule has 0 radical (unpaired) electrons. The number of anilines is 1. The van der Waals surface area contributed by atoms with Crippen molar-refractivity contribution in [2.24, 2.45) is 0 Å². The van der Waals surface area contributed by atoms with Gasteiger partial charge in [-0.15, -0.1) is 0 Å². The monoisotopic (exact) mass is 418 g/mol. The second-order valence-electron chi connectivity index (χ2n) is 7.71. The minimum absolute atomic E-state index is 0.0525. The van der Waals surface area contributed by atoms with Gasteiger partial charge in [0.25, 0.3) is 5.91 Å². The Balaban J connectivity index is 1.36. The van der Waals surface area contributed by atoms with Gasteiger partial charge in [0, 0.05) is 30.3 Å². The fourth-order valence-corrected chi connectivity index (χ4v) is 3.72. The molecule has 1 N–H and O–H groups in total. The average molecular weight is 418 g/mol. The van der Waals surface area contributed by atoms with E-state index in [-0.39, 0.29) is 24.5 Å². The largest absolute Gasteiger partial charge is 0.491 e. The van der Waals surface area contributed by atoms with Crippen LogP contribution in [0.5, 0.6) is 5.75 Å². The van der Waals surface area contributed by atoms with Gasteiger partial charge < -0.3 is 19.7 Å². The first kappa shape index (κ1) is 20.9. The summed E-state index contributed by atoms with van der Waals surface area (Å²) < 4.78 is 11.4. The first-order valence-corrected chi connectivity index (χ1v) is 10.5. The maximum absolute atomic E-state index is 12.8. The molecule has 3 aromatic carbocycles. The highest BCUT2D eigenvalue weighted by Gasteiger charge is 2.18. The van der Waals surface area contributed by atoms with Gasteiger partial charge in [0.05, 0.1) is 12.6 Å². The van der Waals surface area contributed by atoms with Crippen molar-refractivity contribution in [3.05, 3.63) is 72.3 Å². The molecule has 2 amide bonds. The summed E-state index contributed by atoms with van der Waals surface area (Å²) in [7, 11) is 1.62. The molecule has 0 saturated carbocycles. The summed E-state index contributed by atoms with van der Waals surface area (Å²) in [6.45, 7) is 1.20. The minimum Gasteiger partial charge on any atom is -0.491 e. The van der Waals surface area contributed by atoms with E-state index in [1.807, 2.05) is 48.5 Å². The van der Waals surface area contributed by atoms with Crippen LogP contribution in [0.1, 0.15) is 23.2 Å². The number of rotatable bonds is 7. The van der Waals surface area contributed by atoms with E-state index in [9.17, 15) is 9.59 Å². The molecule has 1 atom stereocenters. The van der Waals surface area contributed by atoms with E-state index in [0.717, 1.165) is 35.9 Å². The van der Waals surface area contributed by atoms with Crippen LogP contribution in [0.4, 0.5) is 5.69 Å². The predicted molar refractivity (Wildman–Crippen MR) is 120 cm³/mol. The Morgan fingerprint density at radius 2 is 1.90 bits per heavy atom. The Morgan fingerprint density at radius 3 is 2.74 bits per heavy atom. The molecular formula is C25H26N2O4. The van der Waals surface area contributed by atoms with Gasteiger partial charge in [-0.25, -0.2) is 0 Å². The number of benzene rings is 3. The van der Waals surface area contributed by atoms with Gasteiger partial charge in [-0.05, 0) is 42.5 Å². The van der Waals surface area contributed by atoms with E-state index in [1.165, 1.54) is 4.90 Å². The molecule has 1 aliphatic heterocycles. The van der Waals surface area contributed by atoms with Gasteiger partial charge >= 0.3 is 0 Å². The molecule has 1 heterocycles. The molecule has 1 aliphatic rings. The number of nitrogens with one attached hydrogen (secondary N) is 1. The van der Waals surface area contributed by atoms with Crippen LogP contribution in [-0.4, -0.2) is 49.6 Å². The van der Waals surface area contributed by atoms with Crippen molar-refractivity contribution in [1.29, 1.82) is 0 Å². The van der Waals surface area contributed by atoms with Crippen LogP contribution in [0.2, 0.25) is 0 Å². The zero-order chi connectivity index (χ0) is 21.6. The Bertz CT molecular complexity index is 1070. The Labute approximate surface area is 181 Å². The Hall–Kier alpha value is -3.38. The molecule has 1 saturated heterocycles. The van der Waals surface area contributed by atoms with Crippen molar-refractivity contribution in [3.8, 4) is 5.75 Å². The van der Waals surface area contributed by atoms with Gasteiger partial charge in [0.15, 0.2) is 0 Å². The summed E-state index contributed by atoms with van der Waals surface area (Å²) in [6.07, 6.45) is 2.16. The molecule has 0 bridgehead atoms. The third-order valence-corrected chi connectivity index (χ3v) is 5.33. The molecule has 31 heavy (non-hydrogen) atoms. The summed E-state index contributed by atoms with van der Waals surface area (Å²) in [5.74, 6) is 0.128. The lowest BCUT2D eigenvalue weighted by Gasteiger charge is -2.18. The molecule has 1 fully saturated rings. The quantitative estimate of drug-likeness (QED) is 0.627. The minimum atomic E-state index is -0.252. The normalized spacial score (nSPS) is 15.6. The van der Waals surface area contributed by atoms with Crippen LogP contribution < -0.4 is 10.1 Å². The molecular weight excluding hydrogens is 392 g/mol. The second-order valence-corrected chi connectivity index (χ2v) is 7.71. The summed E-state index contributed by atoms with van der Waals surface area (Å²) in [5, 5.41) is 4.92. The van der Waals surface area contributed by atoms with Crippen molar-refractivity contribution in [2.45, 2.75) is 18.9 Å². The molecule has 6 nitrogen and oxygen atoms in total. The van der Waals surface area contributed by atoms with Crippen LogP contribution in [0, 0.1) is 0 Å². The number of nitrogens with zero attached hydrogens (tertiary/aromatic N) is 1. The average Bonchev–Trinajstić information content (AvgIpc) is 3.31. The van der Waals surface area contributed by atoms with Crippen molar-refractivity contribution in [3.63, 3.8) is 0 Å². The van der Waals surface area contributed by atoms with Crippen LogP contribution in [0.3, 0.4) is 0 Å². The number of likely N-dealkylation sites (N-methyl/N-ethyl adjacent to an activating group) is 1. The molecule has 3 aromatic rings. The summed E-state index contributed by atoms with van der Waals surface area (Å²) in [4.78, 5) is 26.8. The van der Waals surface area contributed by atoms with Crippen molar-refractivity contribution in [2.75, 3.05) is 32.1 Å². The van der Waals surface area contributed by atoms with Crippen LogP contribution in [0.15, 0.2) is 66.7 Å². The lowest BCUT2D eigenvalue weighted by atomic mass is 10.1. The molecule has 0 aromatic heterocycles. The van der Waals surface area contributed by atoms with Gasteiger partial charge in [-0.3, -0.25) is 9.59 Å². The molecule has 1 unspecified atom stereocenters. The maximum Gasteiger partial charge on any atom is 0.254 e. The zero-order valence-corrected chi connectivity index (χ0v) is 17.5. The fourth-order valence-electron chi connectivity index (χ4n) is 3.72. The number of ether oxygens (including phenoxy) is 2. The molecule has 6 heteroatoms.